The molecule has 0 fully saturated rings. The molecule has 174 valence electrons. The Kier molecular flexibility index (Phi) is 5.98. The third kappa shape index (κ3) is 4.74. The summed E-state index contributed by atoms with van der Waals surface area (Å²) in [4.78, 5) is 8.41. The molecule has 13 heteroatoms. The zero-order chi connectivity index (χ0) is 24.1. The summed E-state index contributed by atoms with van der Waals surface area (Å²) in [7, 11) is 0. The first kappa shape index (κ1) is 23.6. The smallest absolute Gasteiger partial charge is 0.417 e. The Morgan fingerprint density at radius 2 is 1.76 bits per heavy atom. The van der Waals surface area contributed by atoms with Crippen LogP contribution in [0.2, 0.25) is 15.1 Å². The summed E-state index contributed by atoms with van der Waals surface area (Å²) < 4.78 is 51.2. The maximum Gasteiger partial charge on any atom is 0.417 e. The summed E-state index contributed by atoms with van der Waals surface area (Å²) >= 11 is 18.6. The number of alkyl halides is 3. The largest absolute Gasteiger partial charge is 0.484 e. The van der Waals surface area contributed by atoms with Crippen LogP contribution in [0, 0.1) is 0 Å². The van der Waals surface area contributed by atoms with Crippen LogP contribution in [0.5, 0.6) is 5.75 Å². The van der Waals surface area contributed by atoms with Gasteiger partial charge in [0.05, 0.1) is 27.2 Å². The fourth-order valence-corrected chi connectivity index (χ4v) is 3.56. The molecule has 0 amide bonds. The fourth-order valence-electron chi connectivity index (χ4n) is 2.86. The molecule has 33 heavy (non-hydrogen) atoms. The maximum absolute atomic E-state index is 13.0. The van der Waals surface area contributed by atoms with Crippen molar-refractivity contribution < 1.29 is 27.5 Å². The molecule has 0 bridgehead atoms. The van der Waals surface area contributed by atoms with E-state index in [9.17, 15) is 18.3 Å². The lowest BCUT2D eigenvalue weighted by molar-refractivity contribution is -0.137. The van der Waals surface area contributed by atoms with Gasteiger partial charge in [0.15, 0.2) is 5.65 Å². The van der Waals surface area contributed by atoms with Crippen LogP contribution < -0.4 is 4.74 Å². The molecule has 0 aliphatic rings. The van der Waals surface area contributed by atoms with E-state index in [1.807, 2.05) is 0 Å². The van der Waals surface area contributed by atoms with Crippen molar-refractivity contribution in [3.05, 3.63) is 51.2 Å². The van der Waals surface area contributed by atoms with Crippen LogP contribution in [0.25, 0.3) is 28.6 Å². The van der Waals surface area contributed by atoms with Gasteiger partial charge in [-0.05, 0) is 26.0 Å². The minimum Gasteiger partial charge on any atom is -0.484 e. The Bertz CT molecular complexity index is 1350. The van der Waals surface area contributed by atoms with Gasteiger partial charge in [-0.3, -0.25) is 0 Å². The molecular formula is C20H14Cl3F3N4O3. The molecule has 1 aromatic carbocycles. The van der Waals surface area contributed by atoms with Crippen molar-refractivity contribution in [3.8, 4) is 28.7 Å². The molecule has 0 aliphatic carbocycles. The zero-order valence-electron chi connectivity index (χ0n) is 16.9. The minimum atomic E-state index is -4.57. The maximum atomic E-state index is 13.0. The van der Waals surface area contributed by atoms with E-state index in [1.54, 1.807) is 13.8 Å². The molecule has 4 rings (SSSR count). The van der Waals surface area contributed by atoms with Crippen LogP contribution in [0.15, 0.2) is 35.1 Å². The van der Waals surface area contributed by atoms with Gasteiger partial charge in [0.2, 0.25) is 5.82 Å². The molecule has 0 saturated heterocycles. The number of ether oxygens (including phenoxy) is 1. The number of fused-ring (bicyclic) bond motifs is 1. The number of aliphatic hydroxyl groups excluding tert-OH is 1. The number of aliphatic hydroxyl groups is 1. The van der Waals surface area contributed by atoms with Crippen LogP contribution in [-0.2, 0) is 6.18 Å². The Morgan fingerprint density at radius 3 is 2.42 bits per heavy atom. The molecule has 7 nitrogen and oxygen atoms in total. The molecule has 4 aromatic rings. The highest BCUT2D eigenvalue weighted by molar-refractivity contribution is 6.36. The average molecular weight is 522 g/mol. The van der Waals surface area contributed by atoms with Gasteiger partial charge in [-0.2, -0.15) is 18.2 Å². The van der Waals surface area contributed by atoms with Crippen molar-refractivity contribution in [2.45, 2.75) is 25.6 Å². The lowest BCUT2D eigenvalue weighted by Gasteiger charge is -2.24. The average Bonchev–Trinajstić information content (AvgIpc) is 3.37. The van der Waals surface area contributed by atoms with E-state index in [0.717, 1.165) is 16.7 Å². The number of imidazole rings is 1. The first-order chi connectivity index (χ1) is 15.4. The molecular weight excluding hydrogens is 508 g/mol. The van der Waals surface area contributed by atoms with E-state index >= 15 is 0 Å². The SMILES string of the molecule is CC(C)(CO)Oc1cc(Cl)c(-c2noc(-c3cn4cc(C(F)(F)F)cc(Cl)c4n3)n2)cc1Cl. The van der Waals surface area contributed by atoms with Gasteiger partial charge in [-0.1, -0.05) is 40.0 Å². The second-order valence-corrected chi connectivity index (χ2v) is 8.86. The third-order valence-electron chi connectivity index (χ3n) is 4.51. The molecule has 0 unspecified atom stereocenters. The molecule has 0 aliphatic heterocycles. The highest BCUT2D eigenvalue weighted by atomic mass is 35.5. The van der Waals surface area contributed by atoms with Crippen molar-refractivity contribution in [2.24, 2.45) is 0 Å². The van der Waals surface area contributed by atoms with Gasteiger partial charge in [0.1, 0.15) is 17.0 Å². The number of aromatic nitrogens is 4. The topological polar surface area (TPSA) is 85.7 Å². The van der Waals surface area contributed by atoms with Crippen LogP contribution in [0.4, 0.5) is 13.2 Å². The van der Waals surface area contributed by atoms with Crippen LogP contribution >= 0.6 is 34.8 Å². The van der Waals surface area contributed by atoms with Gasteiger partial charge in [0, 0.05) is 24.0 Å². The summed E-state index contributed by atoms with van der Waals surface area (Å²) in [5, 5.41) is 13.4. The molecule has 0 saturated carbocycles. The highest BCUT2D eigenvalue weighted by Gasteiger charge is 2.32. The summed E-state index contributed by atoms with van der Waals surface area (Å²) in [6.07, 6.45) is -2.42. The quantitative estimate of drug-likeness (QED) is 0.338. The van der Waals surface area contributed by atoms with E-state index in [2.05, 4.69) is 15.1 Å². The third-order valence-corrected chi connectivity index (χ3v) is 5.39. The highest BCUT2D eigenvalue weighted by Crippen LogP contribution is 2.38. The second-order valence-electron chi connectivity index (χ2n) is 7.64. The van der Waals surface area contributed by atoms with E-state index in [4.69, 9.17) is 44.1 Å². The summed E-state index contributed by atoms with van der Waals surface area (Å²) in [6.45, 7) is 3.11. The van der Waals surface area contributed by atoms with Crippen molar-refractivity contribution in [1.29, 1.82) is 0 Å². The van der Waals surface area contributed by atoms with Crippen LogP contribution in [0.3, 0.4) is 0 Å². The number of halogens is 6. The first-order valence-corrected chi connectivity index (χ1v) is 10.4. The number of hydrogen-bond acceptors (Lipinski definition) is 6. The van der Waals surface area contributed by atoms with Gasteiger partial charge in [-0.15, -0.1) is 0 Å². The number of rotatable bonds is 5. The second kappa shape index (κ2) is 8.35. The standard InChI is InChI=1S/C20H14Cl3F3N4O3/c1-19(2,8-31)32-15-5-11(21)10(4-12(15)22)16-28-18(33-29-16)14-7-30-6-9(20(24,25)26)3-13(23)17(30)27-14/h3-7,31H,8H2,1-2H3. The van der Waals surface area contributed by atoms with Crippen molar-refractivity contribution in [3.63, 3.8) is 0 Å². The Labute approximate surface area is 199 Å². The molecule has 0 spiro atoms. The van der Waals surface area contributed by atoms with E-state index in [-0.39, 0.29) is 50.5 Å². The first-order valence-electron chi connectivity index (χ1n) is 9.27. The number of nitrogens with zero attached hydrogens (tertiary/aromatic N) is 4. The monoisotopic (exact) mass is 520 g/mol. The zero-order valence-corrected chi connectivity index (χ0v) is 19.2. The lowest BCUT2D eigenvalue weighted by Crippen LogP contribution is -2.32. The van der Waals surface area contributed by atoms with Gasteiger partial charge in [-0.25, -0.2) is 4.98 Å². The van der Waals surface area contributed by atoms with E-state index < -0.39 is 17.3 Å². The van der Waals surface area contributed by atoms with Crippen molar-refractivity contribution in [2.75, 3.05) is 6.61 Å². The van der Waals surface area contributed by atoms with Crippen LogP contribution in [-0.4, -0.2) is 36.8 Å². The summed E-state index contributed by atoms with van der Waals surface area (Å²) in [6, 6.07) is 3.71. The van der Waals surface area contributed by atoms with E-state index in [0.29, 0.717) is 5.56 Å². The molecule has 3 heterocycles. The molecule has 0 radical (unpaired) electrons. The Hall–Kier alpha value is -2.53. The number of pyridine rings is 1. The van der Waals surface area contributed by atoms with Gasteiger partial charge in [0.25, 0.3) is 5.89 Å². The Balaban J connectivity index is 1.69. The molecule has 1 N–H and O–H groups in total. The van der Waals surface area contributed by atoms with Crippen molar-refractivity contribution in [1.82, 2.24) is 19.5 Å². The summed E-state index contributed by atoms with van der Waals surface area (Å²) in [5.74, 6) is 0.264. The molecule has 3 aromatic heterocycles. The molecule has 0 atom stereocenters. The van der Waals surface area contributed by atoms with Crippen LogP contribution in [0.1, 0.15) is 19.4 Å². The van der Waals surface area contributed by atoms with Crippen molar-refractivity contribution >= 4 is 40.4 Å². The predicted molar refractivity (Wildman–Crippen MR) is 116 cm³/mol. The fraction of sp³-hybridized carbons (Fsp3) is 0.250. The normalized spacial score (nSPS) is 12.5. The predicted octanol–water partition coefficient (Wildman–Crippen LogP) is 6.18. The lowest BCUT2D eigenvalue weighted by atomic mass is 10.1. The minimum absolute atomic E-state index is 0.0627. The van der Waals surface area contributed by atoms with Gasteiger partial charge < -0.3 is 18.8 Å². The number of hydrogen-bond donors (Lipinski definition) is 1. The Morgan fingerprint density at radius 1 is 1.03 bits per heavy atom. The summed E-state index contributed by atoms with van der Waals surface area (Å²) in [5.41, 5.74) is -1.28. The number of benzene rings is 1. The van der Waals surface area contributed by atoms with E-state index in [1.165, 1.54) is 18.3 Å². The van der Waals surface area contributed by atoms with Gasteiger partial charge >= 0.3 is 6.18 Å².